The van der Waals surface area contributed by atoms with Crippen LogP contribution in [-0.4, -0.2) is 33.9 Å². The normalized spacial score (nSPS) is 17.6. The molecule has 0 aromatic heterocycles. The minimum atomic E-state index is 0.0790. The first kappa shape index (κ1) is 13.4. The molecule has 1 N–H and O–H groups in total. The van der Waals surface area contributed by atoms with Gasteiger partial charge in [-0.15, -0.1) is 0 Å². The Morgan fingerprint density at radius 3 is 2.56 bits per heavy atom. The zero-order chi connectivity index (χ0) is 13.2. The van der Waals surface area contributed by atoms with Crippen molar-refractivity contribution in [3.8, 4) is 5.75 Å². The first-order valence-electron chi connectivity index (χ1n) is 6.54. The quantitative estimate of drug-likeness (QED) is 0.868. The predicted octanol–water partition coefficient (Wildman–Crippen LogP) is 2.31. The second-order valence-electron chi connectivity index (χ2n) is 5.42. The third-order valence-electron chi connectivity index (χ3n) is 3.74. The largest absolute Gasteiger partial charge is 0.496 e. The Hall–Kier alpha value is -1.06. The second kappa shape index (κ2) is 5.29. The summed E-state index contributed by atoms with van der Waals surface area (Å²) in [7, 11) is 3.73. The van der Waals surface area contributed by atoms with Crippen LogP contribution in [0.3, 0.4) is 0 Å². The summed E-state index contributed by atoms with van der Waals surface area (Å²) in [5.41, 5.74) is 2.65. The van der Waals surface area contributed by atoms with Crippen LogP contribution in [-0.2, 0) is 10.2 Å². The topological polar surface area (TPSA) is 30.5 Å². The number of nitrogens with one attached hydrogen (secondary N) is 1. The highest BCUT2D eigenvalue weighted by Gasteiger charge is 2.41. The van der Waals surface area contributed by atoms with Crippen molar-refractivity contribution in [1.29, 1.82) is 0 Å². The number of rotatable bonds is 5. The van der Waals surface area contributed by atoms with E-state index in [2.05, 4.69) is 37.4 Å². The zero-order valence-electron chi connectivity index (χ0n) is 11.7. The molecular formula is C15H23NO2. The number of hydrogen-bond donors (Lipinski definition) is 1. The van der Waals surface area contributed by atoms with Gasteiger partial charge in [-0.05, 0) is 24.6 Å². The molecule has 100 valence electrons. The molecule has 3 nitrogen and oxygen atoms in total. The molecule has 1 aromatic carbocycles. The van der Waals surface area contributed by atoms with Gasteiger partial charge in [-0.3, -0.25) is 0 Å². The van der Waals surface area contributed by atoms with Crippen molar-refractivity contribution < 1.29 is 9.47 Å². The van der Waals surface area contributed by atoms with Crippen LogP contribution >= 0.6 is 0 Å². The molecule has 1 aliphatic heterocycles. The summed E-state index contributed by atoms with van der Waals surface area (Å²) in [5, 5.41) is 3.26. The van der Waals surface area contributed by atoms with Crippen molar-refractivity contribution in [2.75, 3.05) is 33.9 Å². The third-order valence-corrected chi connectivity index (χ3v) is 3.74. The lowest BCUT2D eigenvalue weighted by Gasteiger charge is -2.42. The summed E-state index contributed by atoms with van der Waals surface area (Å²) in [6, 6.07) is 6.57. The molecule has 0 spiro atoms. The van der Waals surface area contributed by atoms with Crippen molar-refractivity contribution in [1.82, 2.24) is 5.32 Å². The molecule has 1 saturated heterocycles. The van der Waals surface area contributed by atoms with E-state index in [0.717, 1.165) is 25.5 Å². The fourth-order valence-electron chi connectivity index (χ4n) is 2.54. The molecule has 0 aliphatic carbocycles. The maximum atomic E-state index is 5.58. The SMILES string of the molecule is CNCC1(c2ccc(C(C)C)cc2OC)COC1. The zero-order valence-corrected chi connectivity index (χ0v) is 11.7. The van der Waals surface area contributed by atoms with Crippen molar-refractivity contribution >= 4 is 0 Å². The van der Waals surface area contributed by atoms with Crippen LogP contribution in [0.4, 0.5) is 0 Å². The lowest BCUT2D eigenvalue weighted by molar-refractivity contribution is -0.0591. The van der Waals surface area contributed by atoms with Gasteiger partial charge in [0, 0.05) is 12.1 Å². The Balaban J connectivity index is 2.37. The average molecular weight is 249 g/mol. The van der Waals surface area contributed by atoms with Gasteiger partial charge >= 0.3 is 0 Å². The van der Waals surface area contributed by atoms with Crippen LogP contribution < -0.4 is 10.1 Å². The number of ether oxygens (including phenoxy) is 2. The van der Waals surface area contributed by atoms with Gasteiger partial charge in [0.25, 0.3) is 0 Å². The molecule has 1 aromatic rings. The first-order chi connectivity index (χ1) is 8.63. The fourth-order valence-corrected chi connectivity index (χ4v) is 2.54. The molecule has 2 rings (SSSR count). The monoisotopic (exact) mass is 249 g/mol. The Morgan fingerprint density at radius 1 is 1.39 bits per heavy atom. The smallest absolute Gasteiger partial charge is 0.123 e. The van der Waals surface area contributed by atoms with Gasteiger partial charge in [0.1, 0.15) is 5.75 Å². The van der Waals surface area contributed by atoms with Crippen LogP contribution in [0, 0.1) is 0 Å². The molecule has 0 unspecified atom stereocenters. The summed E-state index contributed by atoms with van der Waals surface area (Å²) in [5.74, 6) is 1.51. The average Bonchev–Trinajstić information content (AvgIpc) is 2.33. The molecule has 0 amide bonds. The maximum Gasteiger partial charge on any atom is 0.123 e. The van der Waals surface area contributed by atoms with E-state index in [-0.39, 0.29) is 5.41 Å². The fraction of sp³-hybridized carbons (Fsp3) is 0.600. The van der Waals surface area contributed by atoms with Crippen molar-refractivity contribution in [3.63, 3.8) is 0 Å². The van der Waals surface area contributed by atoms with Crippen molar-refractivity contribution in [2.24, 2.45) is 0 Å². The van der Waals surface area contributed by atoms with Crippen LogP contribution in [0.25, 0.3) is 0 Å². The Bertz CT molecular complexity index is 411. The molecule has 0 saturated carbocycles. The van der Waals surface area contributed by atoms with Crippen molar-refractivity contribution in [2.45, 2.75) is 25.2 Å². The van der Waals surface area contributed by atoms with E-state index in [4.69, 9.17) is 9.47 Å². The van der Waals surface area contributed by atoms with E-state index >= 15 is 0 Å². The predicted molar refractivity (Wildman–Crippen MR) is 73.5 cm³/mol. The highest BCUT2D eigenvalue weighted by atomic mass is 16.5. The summed E-state index contributed by atoms with van der Waals surface area (Å²) in [6.07, 6.45) is 0. The molecule has 1 heterocycles. The number of likely N-dealkylation sites (N-methyl/N-ethyl adjacent to an activating group) is 1. The van der Waals surface area contributed by atoms with Gasteiger partial charge in [-0.1, -0.05) is 26.0 Å². The lowest BCUT2D eigenvalue weighted by Crippen LogP contribution is -2.53. The summed E-state index contributed by atoms with van der Waals surface area (Å²) < 4.78 is 11.0. The maximum absolute atomic E-state index is 5.58. The molecule has 0 bridgehead atoms. The minimum Gasteiger partial charge on any atom is -0.496 e. The highest BCUT2D eigenvalue weighted by Crippen LogP contribution is 2.38. The first-order valence-corrected chi connectivity index (χ1v) is 6.54. The molecule has 0 radical (unpaired) electrons. The van der Waals surface area contributed by atoms with E-state index in [1.807, 2.05) is 7.05 Å². The molecule has 0 atom stereocenters. The van der Waals surface area contributed by atoms with Gasteiger partial charge in [0.2, 0.25) is 0 Å². The molecular weight excluding hydrogens is 226 g/mol. The summed E-state index contributed by atoms with van der Waals surface area (Å²) in [4.78, 5) is 0. The highest BCUT2D eigenvalue weighted by molar-refractivity contribution is 5.45. The number of methoxy groups -OCH3 is 1. The molecule has 18 heavy (non-hydrogen) atoms. The van der Waals surface area contributed by atoms with E-state index in [0.29, 0.717) is 5.92 Å². The Morgan fingerprint density at radius 2 is 2.11 bits per heavy atom. The van der Waals surface area contributed by atoms with E-state index in [9.17, 15) is 0 Å². The minimum absolute atomic E-state index is 0.0790. The molecule has 3 heteroatoms. The van der Waals surface area contributed by atoms with Crippen molar-refractivity contribution in [3.05, 3.63) is 29.3 Å². The van der Waals surface area contributed by atoms with Gasteiger partial charge in [-0.25, -0.2) is 0 Å². The van der Waals surface area contributed by atoms with Gasteiger partial charge in [-0.2, -0.15) is 0 Å². The lowest BCUT2D eigenvalue weighted by atomic mass is 9.77. The van der Waals surface area contributed by atoms with Gasteiger partial charge in [0.05, 0.1) is 25.7 Å². The summed E-state index contributed by atoms with van der Waals surface area (Å²) >= 11 is 0. The Kier molecular flexibility index (Phi) is 3.93. The van der Waals surface area contributed by atoms with E-state index in [1.165, 1.54) is 11.1 Å². The van der Waals surface area contributed by atoms with Crippen LogP contribution in [0.1, 0.15) is 30.9 Å². The van der Waals surface area contributed by atoms with Crippen LogP contribution in [0.15, 0.2) is 18.2 Å². The van der Waals surface area contributed by atoms with Gasteiger partial charge in [0.15, 0.2) is 0 Å². The second-order valence-corrected chi connectivity index (χ2v) is 5.42. The standard InChI is InChI=1S/C15H23NO2/c1-11(2)12-5-6-13(14(7-12)17-4)15(8-16-3)9-18-10-15/h5-7,11,16H,8-10H2,1-4H3. The molecule has 1 fully saturated rings. The van der Waals surface area contributed by atoms with Gasteiger partial charge < -0.3 is 14.8 Å². The molecule has 1 aliphatic rings. The summed E-state index contributed by atoms with van der Waals surface area (Å²) in [6.45, 7) is 6.86. The number of hydrogen-bond acceptors (Lipinski definition) is 3. The van der Waals surface area contributed by atoms with E-state index in [1.54, 1.807) is 7.11 Å². The Labute approximate surface area is 109 Å². The van der Waals surface area contributed by atoms with Crippen LogP contribution in [0.2, 0.25) is 0 Å². The van der Waals surface area contributed by atoms with Crippen LogP contribution in [0.5, 0.6) is 5.75 Å². The van der Waals surface area contributed by atoms with E-state index < -0.39 is 0 Å². The number of benzene rings is 1. The third kappa shape index (κ3) is 2.25.